The van der Waals surface area contributed by atoms with Gasteiger partial charge in [-0.3, -0.25) is 4.98 Å². The van der Waals surface area contributed by atoms with E-state index in [0.717, 1.165) is 16.8 Å². The fourth-order valence-electron chi connectivity index (χ4n) is 2.87. The molecule has 0 bridgehead atoms. The lowest BCUT2D eigenvalue weighted by Gasteiger charge is -2.15. The molecule has 156 valence electrons. The molecule has 2 aromatic carbocycles. The molecular formula is C20H22ClF2N3O2S. The third-order valence-corrected chi connectivity index (χ3v) is 5.90. The Labute approximate surface area is 175 Å². The van der Waals surface area contributed by atoms with Crippen LogP contribution in [0.25, 0.3) is 10.8 Å². The molecule has 0 unspecified atom stereocenters. The van der Waals surface area contributed by atoms with E-state index in [4.69, 9.17) is 0 Å². The van der Waals surface area contributed by atoms with Crippen LogP contribution in [0.5, 0.6) is 0 Å². The Morgan fingerprint density at radius 2 is 1.86 bits per heavy atom. The zero-order valence-corrected chi connectivity index (χ0v) is 17.4. The van der Waals surface area contributed by atoms with E-state index in [1.54, 1.807) is 43.6 Å². The number of sulfonamides is 1. The molecule has 29 heavy (non-hydrogen) atoms. The highest BCUT2D eigenvalue weighted by molar-refractivity contribution is 7.89. The molecule has 0 aliphatic heterocycles. The third kappa shape index (κ3) is 6.17. The fourth-order valence-corrected chi connectivity index (χ4v) is 4.15. The molecule has 0 radical (unpaired) electrons. The number of hydrogen-bond donors (Lipinski definition) is 2. The first-order valence-corrected chi connectivity index (χ1v) is 10.3. The van der Waals surface area contributed by atoms with E-state index in [1.807, 2.05) is 0 Å². The number of nitrogens with one attached hydrogen (secondary N) is 2. The molecule has 3 aromatic rings. The van der Waals surface area contributed by atoms with Crippen molar-refractivity contribution in [2.45, 2.75) is 24.3 Å². The number of benzene rings is 2. The van der Waals surface area contributed by atoms with E-state index < -0.39 is 21.7 Å². The maximum atomic E-state index is 13.6. The van der Waals surface area contributed by atoms with Crippen LogP contribution in [0.3, 0.4) is 0 Å². The number of rotatable bonds is 8. The Balaban J connectivity index is 0.00000300. The highest BCUT2D eigenvalue weighted by Gasteiger charge is 2.17. The van der Waals surface area contributed by atoms with Gasteiger partial charge in [-0.15, -0.1) is 12.4 Å². The Bertz CT molecular complexity index is 1080. The molecular weight excluding hydrogens is 420 g/mol. The summed E-state index contributed by atoms with van der Waals surface area (Å²) in [5.41, 5.74) is 0.410. The van der Waals surface area contributed by atoms with Crippen LogP contribution in [0.4, 0.5) is 8.78 Å². The number of pyridine rings is 1. The Hall–Kier alpha value is -2.13. The number of nitrogens with zero attached hydrogens (tertiary/aromatic N) is 1. The second kappa shape index (κ2) is 10.1. The lowest BCUT2D eigenvalue weighted by Crippen LogP contribution is -2.40. The van der Waals surface area contributed by atoms with Crippen LogP contribution in [-0.4, -0.2) is 32.5 Å². The first-order chi connectivity index (χ1) is 13.3. The minimum atomic E-state index is -3.66. The Morgan fingerprint density at radius 1 is 1.07 bits per heavy atom. The lowest BCUT2D eigenvalue weighted by atomic mass is 10.1. The maximum absolute atomic E-state index is 13.6. The van der Waals surface area contributed by atoms with Crippen molar-refractivity contribution < 1.29 is 17.2 Å². The Morgan fingerprint density at radius 3 is 2.62 bits per heavy atom. The van der Waals surface area contributed by atoms with E-state index in [1.165, 1.54) is 12.1 Å². The second-order valence-electron chi connectivity index (χ2n) is 6.60. The summed E-state index contributed by atoms with van der Waals surface area (Å²) in [4.78, 5) is 4.20. The first kappa shape index (κ1) is 23.2. The molecule has 9 heteroatoms. The second-order valence-corrected chi connectivity index (χ2v) is 8.31. The van der Waals surface area contributed by atoms with Gasteiger partial charge >= 0.3 is 0 Å². The number of aromatic nitrogens is 1. The SMILES string of the molecule is C[C@H](CNCCc1ccc(F)cc1F)NS(=O)(=O)c1ccc2cnccc2c1.Cl. The van der Waals surface area contributed by atoms with Crippen molar-refractivity contribution in [3.63, 3.8) is 0 Å². The highest BCUT2D eigenvalue weighted by atomic mass is 35.5. The van der Waals surface area contributed by atoms with Crippen LogP contribution >= 0.6 is 12.4 Å². The van der Waals surface area contributed by atoms with Crippen molar-refractivity contribution in [1.82, 2.24) is 15.0 Å². The van der Waals surface area contributed by atoms with Crippen molar-refractivity contribution >= 4 is 33.2 Å². The molecule has 0 aliphatic carbocycles. The monoisotopic (exact) mass is 441 g/mol. The summed E-state index contributed by atoms with van der Waals surface area (Å²) in [6, 6.07) is 9.75. The molecule has 0 saturated carbocycles. The predicted molar refractivity (Wildman–Crippen MR) is 112 cm³/mol. The predicted octanol–water partition coefficient (Wildman–Crippen LogP) is 3.43. The van der Waals surface area contributed by atoms with Crippen LogP contribution in [-0.2, 0) is 16.4 Å². The summed E-state index contributed by atoms with van der Waals surface area (Å²) >= 11 is 0. The normalized spacial score (nSPS) is 12.5. The van der Waals surface area contributed by atoms with Crippen LogP contribution in [0.15, 0.2) is 59.8 Å². The molecule has 0 saturated heterocycles. The van der Waals surface area contributed by atoms with Crippen LogP contribution < -0.4 is 10.0 Å². The van der Waals surface area contributed by atoms with Gasteiger partial charge < -0.3 is 5.32 Å². The summed E-state index contributed by atoms with van der Waals surface area (Å²) in [5, 5.41) is 4.74. The molecule has 1 aromatic heterocycles. The van der Waals surface area contributed by atoms with Gasteiger partial charge in [-0.05, 0) is 55.1 Å². The van der Waals surface area contributed by atoms with Crippen molar-refractivity contribution in [2.24, 2.45) is 0 Å². The average Bonchev–Trinajstić information content (AvgIpc) is 2.66. The van der Waals surface area contributed by atoms with Crippen LogP contribution in [0.1, 0.15) is 12.5 Å². The van der Waals surface area contributed by atoms with Crippen LogP contribution in [0.2, 0.25) is 0 Å². The van der Waals surface area contributed by atoms with E-state index in [9.17, 15) is 17.2 Å². The molecule has 0 spiro atoms. The van der Waals surface area contributed by atoms with Gasteiger partial charge in [0.1, 0.15) is 11.6 Å². The van der Waals surface area contributed by atoms with Gasteiger partial charge in [-0.1, -0.05) is 12.1 Å². The molecule has 0 aliphatic rings. The zero-order chi connectivity index (χ0) is 20.1. The van der Waals surface area contributed by atoms with E-state index >= 15 is 0 Å². The summed E-state index contributed by atoms with van der Waals surface area (Å²) in [6.45, 7) is 2.56. The smallest absolute Gasteiger partial charge is 0.240 e. The maximum Gasteiger partial charge on any atom is 0.240 e. The number of hydrogen-bond acceptors (Lipinski definition) is 4. The third-order valence-electron chi connectivity index (χ3n) is 4.32. The van der Waals surface area contributed by atoms with E-state index in [0.29, 0.717) is 25.1 Å². The molecule has 2 N–H and O–H groups in total. The average molecular weight is 442 g/mol. The van der Waals surface area contributed by atoms with Gasteiger partial charge in [0.15, 0.2) is 0 Å². The zero-order valence-electron chi connectivity index (χ0n) is 15.7. The molecule has 5 nitrogen and oxygen atoms in total. The quantitative estimate of drug-likeness (QED) is 0.525. The van der Waals surface area contributed by atoms with Gasteiger partial charge in [0.05, 0.1) is 4.90 Å². The van der Waals surface area contributed by atoms with E-state index in [2.05, 4.69) is 15.0 Å². The summed E-state index contributed by atoms with van der Waals surface area (Å²) in [7, 11) is -3.66. The van der Waals surface area contributed by atoms with Gasteiger partial charge in [-0.25, -0.2) is 21.9 Å². The van der Waals surface area contributed by atoms with Crippen molar-refractivity contribution in [2.75, 3.05) is 13.1 Å². The van der Waals surface area contributed by atoms with Gasteiger partial charge in [-0.2, -0.15) is 0 Å². The minimum Gasteiger partial charge on any atom is -0.315 e. The molecule has 3 rings (SSSR count). The van der Waals surface area contributed by atoms with Crippen molar-refractivity contribution in [1.29, 1.82) is 0 Å². The Kier molecular flexibility index (Phi) is 8.04. The molecule has 0 amide bonds. The minimum absolute atomic E-state index is 0. The largest absolute Gasteiger partial charge is 0.315 e. The summed E-state index contributed by atoms with van der Waals surface area (Å²) in [5.74, 6) is -1.19. The van der Waals surface area contributed by atoms with E-state index in [-0.39, 0.29) is 23.3 Å². The summed E-state index contributed by atoms with van der Waals surface area (Å²) < 4.78 is 54.3. The van der Waals surface area contributed by atoms with Gasteiger partial charge in [0, 0.05) is 36.4 Å². The molecule has 0 fully saturated rings. The standard InChI is InChI=1S/C20H21F2N3O2S.ClH/c1-14(12-23-8-6-15-2-4-18(21)11-20(15)22)25-28(26,27)19-5-3-17-13-24-9-7-16(17)10-19;/h2-5,7,9-11,13-14,23,25H,6,8,12H2,1H3;1H/t14-;/m1./s1. The first-order valence-electron chi connectivity index (χ1n) is 8.86. The highest BCUT2D eigenvalue weighted by Crippen LogP contribution is 2.18. The van der Waals surface area contributed by atoms with Crippen LogP contribution in [0, 0.1) is 11.6 Å². The van der Waals surface area contributed by atoms with Crippen molar-refractivity contribution in [3.8, 4) is 0 Å². The molecule has 1 heterocycles. The number of fused-ring (bicyclic) bond motifs is 1. The molecule has 1 atom stereocenters. The fraction of sp³-hybridized carbons (Fsp3) is 0.250. The van der Waals surface area contributed by atoms with Gasteiger partial charge in [0.25, 0.3) is 0 Å². The van der Waals surface area contributed by atoms with Crippen molar-refractivity contribution in [3.05, 3.63) is 72.1 Å². The number of halogens is 3. The lowest BCUT2D eigenvalue weighted by molar-refractivity contribution is 0.533. The van der Waals surface area contributed by atoms with Gasteiger partial charge in [0.2, 0.25) is 10.0 Å². The summed E-state index contributed by atoms with van der Waals surface area (Å²) in [6.07, 6.45) is 3.67. The topological polar surface area (TPSA) is 71.1 Å².